The summed E-state index contributed by atoms with van der Waals surface area (Å²) in [5, 5.41) is 14.4. The Labute approximate surface area is 156 Å². The summed E-state index contributed by atoms with van der Waals surface area (Å²) in [6, 6.07) is 9.11. The second-order valence-electron chi connectivity index (χ2n) is 5.52. The molecule has 3 rings (SSSR count). The Balaban J connectivity index is 1.61. The van der Waals surface area contributed by atoms with Gasteiger partial charge in [-0.15, -0.1) is 0 Å². The monoisotopic (exact) mass is 376 g/mol. The lowest BCUT2D eigenvalue weighted by atomic mass is 10.2. The van der Waals surface area contributed by atoms with Crippen molar-refractivity contribution in [3.05, 3.63) is 52.3 Å². The van der Waals surface area contributed by atoms with E-state index in [0.29, 0.717) is 15.9 Å². The summed E-state index contributed by atoms with van der Waals surface area (Å²) in [6.45, 7) is 3.54. The van der Waals surface area contributed by atoms with Gasteiger partial charge in [0.2, 0.25) is 0 Å². The molecule has 0 atom stereocenters. The molecular weight excluding hydrogens is 359 g/mol. The number of benzene rings is 1. The second kappa shape index (κ2) is 8.18. The van der Waals surface area contributed by atoms with Crippen LogP contribution in [0.2, 0.25) is 10.0 Å². The molecule has 0 aliphatic heterocycles. The fourth-order valence-electron chi connectivity index (χ4n) is 2.33. The molecule has 1 aromatic carbocycles. The number of halogens is 2. The lowest BCUT2D eigenvalue weighted by molar-refractivity contribution is 0.893. The van der Waals surface area contributed by atoms with Crippen molar-refractivity contribution in [1.29, 1.82) is 0 Å². The van der Waals surface area contributed by atoms with Crippen LogP contribution >= 0.6 is 23.2 Å². The number of nitrogens with one attached hydrogen (secondary N) is 3. The van der Waals surface area contributed by atoms with Crippen molar-refractivity contribution in [2.45, 2.75) is 13.3 Å². The van der Waals surface area contributed by atoms with E-state index in [2.05, 4.69) is 30.8 Å². The Morgan fingerprint density at radius 3 is 2.64 bits per heavy atom. The lowest BCUT2D eigenvalue weighted by Gasteiger charge is -2.10. The number of hydrogen-bond donors (Lipinski definition) is 3. The molecule has 8 heteroatoms. The van der Waals surface area contributed by atoms with Crippen LogP contribution in [0, 0.1) is 6.92 Å². The Hall–Kier alpha value is -2.31. The number of aromatic amines is 1. The number of aryl methyl sites for hydroxylation is 1. The van der Waals surface area contributed by atoms with Crippen LogP contribution in [0.4, 0.5) is 11.6 Å². The standard InChI is InChI=1S/C17H18Cl2N6/c1-11-9-16(21-7-2-6-20-15-5-8-22-25-15)24-17(23-11)13-4-3-12(18)10-14(13)19/h3-5,8-10H,2,6-7H2,1H3,(H2,20,22,25)(H,21,23,24). The topological polar surface area (TPSA) is 78.5 Å². The van der Waals surface area contributed by atoms with Crippen molar-refractivity contribution < 1.29 is 0 Å². The summed E-state index contributed by atoms with van der Waals surface area (Å²) in [5.74, 6) is 2.27. The molecule has 0 aliphatic rings. The third-order valence-electron chi connectivity index (χ3n) is 3.50. The molecule has 2 aromatic heterocycles. The summed E-state index contributed by atoms with van der Waals surface area (Å²) in [6.07, 6.45) is 2.65. The van der Waals surface area contributed by atoms with Crippen molar-refractivity contribution in [3.8, 4) is 11.4 Å². The van der Waals surface area contributed by atoms with Crippen LogP contribution in [0.5, 0.6) is 0 Å². The predicted molar refractivity (Wildman–Crippen MR) is 102 cm³/mol. The van der Waals surface area contributed by atoms with E-state index in [0.717, 1.165) is 42.4 Å². The highest BCUT2D eigenvalue weighted by atomic mass is 35.5. The molecule has 130 valence electrons. The van der Waals surface area contributed by atoms with Gasteiger partial charge < -0.3 is 10.6 Å². The highest BCUT2D eigenvalue weighted by Crippen LogP contribution is 2.28. The molecule has 0 aliphatic carbocycles. The zero-order valence-electron chi connectivity index (χ0n) is 13.7. The van der Waals surface area contributed by atoms with Crippen molar-refractivity contribution in [3.63, 3.8) is 0 Å². The van der Waals surface area contributed by atoms with Gasteiger partial charge in [0.15, 0.2) is 5.82 Å². The van der Waals surface area contributed by atoms with Crippen LogP contribution in [0.1, 0.15) is 12.1 Å². The molecule has 0 saturated carbocycles. The molecule has 0 bridgehead atoms. The van der Waals surface area contributed by atoms with Crippen molar-refractivity contribution >= 4 is 34.8 Å². The summed E-state index contributed by atoms with van der Waals surface area (Å²) >= 11 is 12.2. The molecule has 25 heavy (non-hydrogen) atoms. The van der Waals surface area contributed by atoms with Crippen molar-refractivity contribution in [2.24, 2.45) is 0 Å². The van der Waals surface area contributed by atoms with Crippen molar-refractivity contribution in [2.75, 3.05) is 23.7 Å². The van der Waals surface area contributed by atoms with Gasteiger partial charge in [0, 0.05) is 35.4 Å². The highest BCUT2D eigenvalue weighted by Gasteiger charge is 2.09. The maximum atomic E-state index is 6.26. The third-order valence-corrected chi connectivity index (χ3v) is 4.05. The maximum absolute atomic E-state index is 6.26. The Morgan fingerprint density at radius 1 is 1.04 bits per heavy atom. The van der Waals surface area contributed by atoms with Gasteiger partial charge in [-0.1, -0.05) is 23.2 Å². The van der Waals surface area contributed by atoms with E-state index >= 15 is 0 Å². The van der Waals surface area contributed by atoms with E-state index < -0.39 is 0 Å². The quantitative estimate of drug-likeness (QED) is 0.532. The van der Waals surface area contributed by atoms with E-state index in [1.807, 2.05) is 25.1 Å². The number of aromatic nitrogens is 4. The molecule has 0 amide bonds. The molecular formula is C17H18Cl2N6. The van der Waals surface area contributed by atoms with Gasteiger partial charge in [0.05, 0.1) is 11.2 Å². The molecule has 0 unspecified atom stereocenters. The Morgan fingerprint density at radius 2 is 1.88 bits per heavy atom. The van der Waals surface area contributed by atoms with Crippen LogP contribution in [-0.4, -0.2) is 33.3 Å². The van der Waals surface area contributed by atoms with E-state index in [-0.39, 0.29) is 0 Å². The molecule has 2 heterocycles. The second-order valence-corrected chi connectivity index (χ2v) is 6.36. The third kappa shape index (κ3) is 4.84. The summed E-state index contributed by atoms with van der Waals surface area (Å²) < 4.78 is 0. The maximum Gasteiger partial charge on any atom is 0.163 e. The molecule has 0 radical (unpaired) electrons. The SMILES string of the molecule is Cc1cc(NCCCNc2ccn[nH]2)nc(-c2ccc(Cl)cc2Cl)n1. The Kier molecular flexibility index (Phi) is 5.73. The van der Waals surface area contributed by atoms with Gasteiger partial charge in [-0.2, -0.15) is 5.10 Å². The largest absolute Gasteiger partial charge is 0.370 e. The molecule has 3 aromatic rings. The first-order valence-corrected chi connectivity index (χ1v) is 8.65. The number of anilines is 2. The fraction of sp³-hybridized carbons (Fsp3) is 0.235. The molecule has 0 saturated heterocycles. The van der Waals surface area contributed by atoms with E-state index in [1.54, 1.807) is 18.3 Å². The molecule has 3 N–H and O–H groups in total. The van der Waals surface area contributed by atoms with Crippen LogP contribution in [0.15, 0.2) is 36.5 Å². The summed E-state index contributed by atoms with van der Waals surface area (Å²) in [5.41, 5.74) is 1.63. The number of nitrogens with zero attached hydrogens (tertiary/aromatic N) is 3. The Bertz CT molecular complexity index is 835. The molecule has 0 fully saturated rings. The van der Waals surface area contributed by atoms with Gasteiger partial charge in [-0.25, -0.2) is 9.97 Å². The minimum atomic E-state index is 0.535. The summed E-state index contributed by atoms with van der Waals surface area (Å²) in [4.78, 5) is 9.03. The first-order valence-electron chi connectivity index (χ1n) is 7.90. The van der Waals surface area contributed by atoms with Crippen molar-refractivity contribution in [1.82, 2.24) is 20.2 Å². The first kappa shape index (κ1) is 17.5. The number of H-pyrrole nitrogens is 1. The van der Waals surface area contributed by atoms with Gasteiger partial charge in [-0.3, -0.25) is 5.10 Å². The van der Waals surface area contributed by atoms with Gasteiger partial charge in [0.1, 0.15) is 11.6 Å². The predicted octanol–water partition coefficient (Wildman–Crippen LogP) is 4.40. The molecule has 0 spiro atoms. The fourth-order valence-corrected chi connectivity index (χ4v) is 2.83. The van der Waals surface area contributed by atoms with Gasteiger partial charge in [0.25, 0.3) is 0 Å². The van der Waals surface area contributed by atoms with Gasteiger partial charge >= 0.3 is 0 Å². The van der Waals surface area contributed by atoms with Gasteiger partial charge in [-0.05, 0) is 37.6 Å². The van der Waals surface area contributed by atoms with E-state index in [4.69, 9.17) is 23.2 Å². The normalized spacial score (nSPS) is 10.7. The van der Waals surface area contributed by atoms with E-state index in [9.17, 15) is 0 Å². The molecule has 6 nitrogen and oxygen atoms in total. The number of hydrogen-bond acceptors (Lipinski definition) is 5. The zero-order chi connectivity index (χ0) is 17.6. The van der Waals surface area contributed by atoms with Crippen LogP contribution < -0.4 is 10.6 Å². The van der Waals surface area contributed by atoms with Crippen LogP contribution in [0.3, 0.4) is 0 Å². The highest BCUT2D eigenvalue weighted by molar-refractivity contribution is 6.36. The number of rotatable bonds is 7. The minimum Gasteiger partial charge on any atom is -0.370 e. The average molecular weight is 377 g/mol. The zero-order valence-corrected chi connectivity index (χ0v) is 15.2. The lowest BCUT2D eigenvalue weighted by Crippen LogP contribution is -2.11. The first-order chi connectivity index (χ1) is 12.1. The van der Waals surface area contributed by atoms with Crippen LogP contribution in [0.25, 0.3) is 11.4 Å². The smallest absolute Gasteiger partial charge is 0.163 e. The average Bonchev–Trinajstić information content (AvgIpc) is 3.07. The minimum absolute atomic E-state index is 0.535. The van der Waals surface area contributed by atoms with E-state index in [1.165, 1.54) is 0 Å². The van der Waals surface area contributed by atoms with Crippen LogP contribution in [-0.2, 0) is 0 Å². The summed E-state index contributed by atoms with van der Waals surface area (Å²) in [7, 11) is 0.